The van der Waals surface area contributed by atoms with Crippen molar-refractivity contribution in [3.05, 3.63) is 57.7 Å². The molecule has 0 aromatic heterocycles. The molecule has 16 heavy (non-hydrogen) atoms. The smallest absolute Gasteiger partial charge is 0.128 e. The molecule has 2 aromatic rings. The maximum Gasteiger partial charge on any atom is 0.128 e. The molecule has 0 aliphatic carbocycles. The zero-order valence-electron chi connectivity index (χ0n) is 8.69. The Morgan fingerprint density at radius 2 is 1.75 bits per heavy atom. The zero-order chi connectivity index (χ0) is 11.4. The summed E-state index contributed by atoms with van der Waals surface area (Å²) >= 11 is 2.26. The Hall–Kier alpha value is -1.07. The van der Waals surface area contributed by atoms with Gasteiger partial charge >= 0.3 is 0 Å². The third-order valence-electron chi connectivity index (χ3n) is 2.19. The average Bonchev–Trinajstić information content (AvgIpc) is 2.30. The van der Waals surface area contributed by atoms with E-state index < -0.39 is 0 Å². The third kappa shape index (κ3) is 2.96. The van der Waals surface area contributed by atoms with Crippen LogP contribution in [0.15, 0.2) is 48.5 Å². The minimum absolute atomic E-state index is 0.559. The molecule has 0 heterocycles. The van der Waals surface area contributed by atoms with Crippen molar-refractivity contribution in [2.45, 2.75) is 6.54 Å². The fourth-order valence-corrected chi connectivity index (χ4v) is 1.87. The number of hydrogen-bond donors (Lipinski definition) is 1. The molecule has 3 heteroatoms. The van der Waals surface area contributed by atoms with E-state index in [2.05, 4.69) is 22.6 Å². The molecule has 0 saturated carbocycles. The summed E-state index contributed by atoms with van der Waals surface area (Å²) in [6.45, 7) is 0.559. The predicted octanol–water partition coefficient (Wildman–Crippen LogP) is 3.54. The molecule has 2 nitrogen and oxygen atoms in total. The van der Waals surface area contributed by atoms with E-state index in [0.717, 1.165) is 20.6 Å². The second-order valence-corrected chi connectivity index (χ2v) is 4.65. The molecule has 0 atom stereocenters. The quantitative estimate of drug-likeness (QED) is 0.876. The first-order valence-corrected chi connectivity index (χ1v) is 6.08. The fourth-order valence-electron chi connectivity index (χ4n) is 1.36. The second kappa shape index (κ2) is 5.32. The zero-order valence-corrected chi connectivity index (χ0v) is 10.8. The highest BCUT2D eigenvalue weighted by Gasteiger charge is 1.97. The van der Waals surface area contributed by atoms with E-state index in [1.165, 1.54) is 0 Å². The fraction of sp³-hybridized carbons (Fsp3) is 0.0769. The Morgan fingerprint density at radius 1 is 1.00 bits per heavy atom. The molecule has 0 spiro atoms. The van der Waals surface area contributed by atoms with E-state index in [0.29, 0.717) is 6.54 Å². The van der Waals surface area contributed by atoms with Gasteiger partial charge < -0.3 is 10.5 Å². The summed E-state index contributed by atoms with van der Waals surface area (Å²) in [5.41, 5.74) is 6.64. The third-order valence-corrected chi connectivity index (χ3v) is 2.86. The van der Waals surface area contributed by atoms with Gasteiger partial charge in [0.2, 0.25) is 0 Å². The molecule has 0 aliphatic heterocycles. The first-order chi connectivity index (χ1) is 7.78. The Balaban J connectivity index is 2.14. The lowest BCUT2D eigenvalue weighted by atomic mass is 10.2. The van der Waals surface area contributed by atoms with E-state index in [4.69, 9.17) is 10.5 Å². The first kappa shape index (κ1) is 11.4. The molecule has 2 aromatic carbocycles. The van der Waals surface area contributed by atoms with E-state index in [1.54, 1.807) is 0 Å². The summed E-state index contributed by atoms with van der Waals surface area (Å²) < 4.78 is 6.87. The van der Waals surface area contributed by atoms with Crippen LogP contribution in [-0.4, -0.2) is 0 Å². The van der Waals surface area contributed by atoms with Gasteiger partial charge in [0.1, 0.15) is 11.5 Å². The normalized spacial score (nSPS) is 10.1. The van der Waals surface area contributed by atoms with Crippen molar-refractivity contribution in [1.29, 1.82) is 0 Å². The number of benzene rings is 2. The highest BCUT2D eigenvalue weighted by molar-refractivity contribution is 14.1. The van der Waals surface area contributed by atoms with Gasteiger partial charge in [0.05, 0.1) is 0 Å². The first-order valence-electron chi connectivity index (χ1n) is 5.00. The van der Waals surface area contributed by atoms with Crippen molar-refractivity contribution in [2.24, 2.45) is 5.73 Å². The minimum Gasteiger partial charge on any atom is -0.457 e. The Kier molecular flexibility index (Phi) is 3.79. The molecule has 2 N–H and O–H groups in total. The Morgan fingerprint density at radius 3 is 2.38 bits per heavy atom. The standard InChI is InChI=1S/C13H12INO/c14-11-2-1-3-13(8-11)16-12-6-4-10(9-15)5-7-12/h1-8H,9,15H2. The van der Waals surface area contributed by atoms with Gasteiger partial charge in [-0.05, 0) is 58.5 Å². The maximum atomic E-state index is 5.71. The molecule has 2 rings (SSSR count). The molecule has 0 fully saturated rings. The van der Waals surface area contributed by atoms with E-state index in [-0.39, 0.29) is 0 Å². The summed E-state index contributed by atoms with van der Waals surface area (Å²) in [6, 6.07) is 15.8. The van der Waals surface area contributed by atoms with Crippen LogP contribution in [0.1, 0.15) is 5.56 Å². The lowest BCUT2D eigenvalue weighted by molar-refractivity contribution is 0.482. The van der Waals surface area contributed by atoms with Crippen LogP contribution in [0.2, 0.25) is 0 Å². The van der Waals surface area contributed by atoms with E-state index in [9.17, 15) is 0 Å². The highest BCUT2D eigenvalue weighted by atomic mass is 127. The number of halogens is 1. The summed E-state index contributed by atoms with van der Waals surface area (Å²) in [6.07, 6.45) is 0. The summed E-state index contributed by atoms with van der Waals surface area (Å²) in [4.78, 5) is 0. The topological polar surface area (TPSA) is 35.2 Å². The van der Waals surface area contributed by atoms with Crippen LogP contribution in [-0.2, 0) is 6.54 Å². The second-order valence-electron chi connectivity index (χ2n) is 3.41. The molecular formula is C13H12INO. The van der Waals surface area contributed by atoms with Crippen molar-refractivity contribution >= 4 is 22.6 Å². The molecule has 0 saturated heterocycles. The molecule has 0 amide bonds. The van der Waals surface area contributed by atoms with E-state index >= 15 is 0 Å². The summed E-state index contributed by atoms with van der Waals surface area (Å²) in [5.74, 6) is 1.69. The molecule has 0 radical (unpaired) electrons. The van der Waals surface area contributed by atoms with Gasteiger partial charge in [-0.25, -0.2) is 0 Å². The number of rotatable bonds is 3. The van der Waals surface area contributed by atoms with Crippen molar-refractivity contribution in [3.8, 4) is 11.5 Å². The summed E-state index contributed by atoms with van der Waals surface area (Å²) in [5, 5.41) is 0. The van der Waals surface area contributed by atoms with Crippen LogP contribution < -0.4 is 10.5 Å². The van der Waals surface area contributed by atoms with Crippen molar-refractivity contribution in [1.82, 2.24) is 0 Å². The average molecular weight is 325 g/mol. The van der Waals surface area contributed by atoms with Crippen molar-refractivity contribution in [2.75, 3.05) is 0 Å². The van der Waals surface area contributed by atoms with Gasteiger partial charge in [0.25, 0.3) is 0 Å². The lowest BCUT2D eigenvalue weighted by Gasteiger charge is -2.06. The predicted molar refractivity (Wildman–Crippen MR) is 73.6 cm³/mol. The van der Waals surface area contributed by atoms with Crippen molar-refractivity contribution < 1.29 is 4.74 Å². The number of ether oxygens (including phenoxy) is 1. The van der Waals surface area contributed by atoms with Gasteiger partial charge in [0, 0.05) is 10.1 Å². The van der Waals surface area contributed by atoms with E-state index in [1.807, 2.05) is 48.5 Å². The van der Waals surface area contributed by atoms with Crippen LogP contribution in [0, 0.1) is 3.57 Å². The van der Waals surface area contributed by atoms with Crippen LogP contribution in [0.3, 0.4) is 0 Å². The van der Waals surface area contributed by atoms with Crippen LogP contribution >= 0.6 is 22.6 Å². The van der Waals surface area contributed by atoms with Gasteiger partial charge in [-0.15, -0.1) is 0 Å². The largest absolute Gasteiger partial charge is 0.457 e. The van der Waals surface area contributed by atoms with Gasteiger partial charge in [0.15, 0.2) is 0 Å². The summed E-state index contributed by atoms with van der Waals surface area (Å²) in [7, 11) is 0. The Labute approximate surface area is 109 Å². The van der Waals surface area contributed by atoms with Crippen LogP contribution in [0.4, 0.5) is 0 Å². The maximum absolute atomic E-state index is 5.71. The monoisotopic (exact) mass is 325 g/mol. The van der Waals surface area contributed by atoms with Gasteiger partial charge in [-0.3, -0.25) is 0 Å². The number of nitrogens with two attached hydrogens (primary N) is 1. The number of hydrogen-bond acceptors (Lipinski definition) is 2. The van der Waals surface area contributed by atoms with Crippen molar-refractivity contribution in [3.63, 3.8) is 0 Å². The SMILES string of the molecule is NCc1ccc(Oc2cccc(I)c2)cc1. The lowest BCUT2D eigenvalue weighted by Crippen LogP contribution is -1.95. The minimum atomic E-state index is 0.559. The highest BCUT2D eigenvalue weighted by Crippen LogP contribution is 2.22. The molecule has 0 bridgehead atoms. The molecule has 0 aliphatic rings. The van der Waals surface area contributed by atoms with Crippen LogP contribution in [0.5, 0.6) is 11.5 Å². The van der Waals surface area contributed by atoms with Gasteiger partial charge in [-0.1, -0.05) is 18.2 Å². The molecule has 82 valence electrons. The molecule has 0 unspecified atom stereocenters. The van der Waals surface area contributed by atoms with Gasteiger partial charge in [-0.2, -0.15) is 0 Å². The molecular weight excluding hydrogens is 313 g/mol. The Bertz CT molecular complexity index is 468. The van der Waals surface area contributed by atoms with Crippen LogP contribution in [0.25, 0.3) is 0 Å².